The van der Waals surface area contributed by atoms with Gasteiger partial charge in [0.1, 0.15) is 11.4 Å². The van der Waals surface area contributed by atoms with E-state index >= 15 is 0 Å². The SMILES string of the molecule is COc1ccccc1/C=C(/NC(=O)c1ccccc1)C(=O)Nc1cccc(SCC(=O)Nc2ccc(Cl)c(Cl)c2)c1. The highest BCUT2D eigenvalue weighted by Crippen LogP contribution is 2.26. The minimum absolute atomic E-state index is 0.0300. The molecule has 0 saturated carbocycles. The first kappa shape index (κ1) is 29.7. The van der Waals surface area contributed by atoms with Gasteiger partial charge in [-0.3, -0.25) is 14.4 Å². The highest BCUT2D eigenvalue weighted by molar-refractivity contribution is 8.00. The Morgan fingerprint density at radius 1 is 0.805 bits per heavy atom. The second-order valence-electron chi connectivity index (χ2n) is 8.57. The molecule has 10 heteroatoms. The third-order valence-corrected chi connectivity index (χ3v) is 7.37. The first-order valence-electron chi connectivity index (χ1n) is 12.3. The molecule has 208 valence electrons. The summed E-state index contributed by atoms with van der Waals surface area (Å²) in [5.41, 5.74) is 2.08. The van der Waals surface area contributed by atoms with Crippen LogP contribution in [0.15, 0.2) is 108 Å². The minimum atomic E-state index is -0.528. The number of carbonyl (C=O) groups excluding carboxylic acids is 3. The Morgan fingerprint density at radius 2 is 1.54 bits per heavy atom. The number of ether oxygens (including phenoxy) is 1. The molecule has 0 aliphatic carbocycles. The number of hydrogen-bond donors (Lipinski definition) is 3. The number of hydrogen-bond acceptors (Lipinski definition) is 5. The number of methoxy groups -OCH3 is 1. The van der Waals surface area contributed by atoms with Crippen LogP contribution in [0.2, 0.25) is 10.0 Å². The highest BCUT2D eigenvalue weighted by atomic mass is 35.5. The van der Waals surface area contributed by atoms with E-state index in [2.05, 4.69) is 16.0 Å². The van der Waals surface area contributed by atoms with Crippen molar-refractivity contribution in [3.8, 4) is 5.75 Å². The van der Waals surface area contributed by atoms with Crippen molar-refractivity contribution in [2.75, 3.05) is 23.5 Å². The zero-order valence-electron chi connectivity index (χ0n) is 21.8. The molecule has 7 nitrogen and oxygen atoms in total. The lowest BCUT2D eigenvalue weighted by atomic mass is 10.1. The molecule has 4 aromatic carbocycles. The number of para-hydroxylation sites is 1. The molecule has 4 rings (SSSR count). The molecule has 0 aromatic heterocycles. The number of nitrogens with one attached hydrogen (secondary N) is 3. The molecule has 0 bridgehead atoms. The summed E-state index contributed by atoms with van der Waals surface area (Å²) >= 11 is 13.2. The third-order valence-electron chi connectivity index (χ3n) is 5.63. The van der Waals surface area contributed by atoms with Crippen molar-refractivity contribution in [2.45, 2.75) is 4.90 Å². The lowest BCUT2D eigenvalue weighted by Gasteiger charge is -2.13. The van der Waals surface area contributed by atoms with Crippen LogP contribution in [-0.4, -0.2) is 30.6 Å². The molecule has 0 unspecified atom stereocenters. The number of carbonyl (C=O) groups is 3. The fraction of sp³-hybridized carbons (Fsp3) is 0.0645. The van der Waals surface area contributed by atoms with Crippen LogP contribution in [0.25, 0.3) is 6.08 Å². The molecular weight excluding hydrogens is 581 g/mol. The second kappa shape index (κ2) is 14.4. The Balaban J connectivity index is 1.47. The van der Waals surface area contributed by atoms with Crippen LogP contribution >= 0.6 is 35.0 Å². The van der Waals surface area contributed by atoms with E-state index in [9.17, 15) is 14.4 Å². The summed E-state index contributed by atoms with van der Waals surface area (Å²) in [6, 6.07) is 27.7. The zero-order chi connectivity index (χ0) is 29.2. The van der Waals surface area contributed by atoms with E-state index in [1.807, 2.05) is 12.1 Å². The van der Waals surface area contributed by atoms with Crippen molar-refractivity contribution in [2.24, 2.45) is 0 Å². The van der Waals surface area contributed by atoms with Crippen LogP contribution in [0.1, 0.15) is 15.9 Å². The van der Waals surface area contributed by atoms with E-state index in [4.69, 9.17) is 27.9 Å². The summed E-state index contributed by atoms with van der Waals surface area (Å²) in [4.78, 5) is 39.5. The molecule has 4 aromatic rings. The van der Waals surface area contributed by atoms with Crippen LogP contribution in [0.3, 0.4) is 0 Å². The highest BCUT2D eigenvalue weighted by Gasteiger charge is 2.16. The molecule has 0 atom stereocenters. The number of amides is 3. The van der Waals surface area contributed by atoms with Gasteiger partial charge in [-0.05, 0) is 60.7 Å². The van der Waals surface area contributed by atoms with Crippen molar-refractivity contribution >= 4 is 70.1 Å². The molecule has 0 aliphatic rings. The van der Waals surface area contributed by atoms with E-state index in [1.165, 1.54) is 18.9 Å². The molecule has 3 amide bonds. The molecule has 0 fully saturated rings. The predicted octanol–water partition coefficient (Wildman–Crippen LogP) is 7.14. The maximum atomic E-state index is 13.4. The third kappa shape index (κ3) is 8.62. The number of anilines is 2. The van der Waals surface area contributed by atoms with Crippen molar-refractivity contribution in [1.82, 2.24) is 5.32 Å². The molecule has 0 radical (unpaired) electrons. The van der Waals surface area contributed by atoms with Gasteiger partial charge in [-0.2, -0.15) is 0 Å². The van der Waals surface area contributed by atoms with Gasteiger partial charge in [0.25, 0.3) is 11.8 Å². The Bertz CT molecular complexity index is 1600. The van der Waals surface area contributed by atoms with Crippen molar-refractivity contribution < 1.29 is 19.1 Å². The van der Waals surface area contributed by atoms with E-state index in [0.29, 0.717) is 38.3 Å². The largest absolute Gasteiger partial charge is 0.496 e. The van der Waals surface area contributed by atoms with Crippen molar-refractivity contribution in [1.29, 1.82) is 0 Å². The van der Waals surface area contributed by atoms with Gasteiger partial charge >= 0.3 is 0 Å². The van der Waals surface area contributed by atoms with E-state index < -0.39 is 11.8 Å². The topological polar surface area (TPSA) is 96.5 Å². The summed E-state index contributed by atoms with van der Waals surface area (Å²) in [5, 5.41) is 9.07. The maximum Gasteiger partial charge on any atom is 0.272 e. The van der Waals surface area contributed by atoms with E-state index in [1.54, 1.807) is 91.0 Å². The van der Waals surface area contributed by atoms with Gasteiger partial charge in [0, 0.05) is 27.4 Å². The molecule has 0 spiro atoms. The Kier molecular flexibility index (Phi) is 10.5. The molecule has 0 heterocycles. The lowest BCUT2D eigenvalue weighted by Crippen LogP contribution is -2.30. The van der Waals surface area contributed by atoms with Gasteiger partial charge in [-0.15, -0.1) is 11.8 Å². The summed E-state index contributed by atoms with van der Waals surface area (Å²) in [6.45, 7) is 0. The Labute approximate surface area is 251 Å². The van der Waals surface area contributed by atoms with Crippen LogP contribution in [0, 0.1) is 0 Å². The fourth-order valence-corrected chi connectivity index (χ4v) is 4.72. The summed E-state index contributed by atoms with van der Waals surface area (Å²) < 4.78 is 5.41. The smallest absolute Gasteiger partial charge is 0.272 e. The maximum absolute atomic E-state index is 13.4. The summed E-state index contributed by atoms with van der Waals surface area (Å²) in [7, 11) is 1.53. The predicted molar refractivity (Wildman–Crippen MR) is 166 cm³/mol. The Hall–Kier alpha value is -4.24. The minimum Gasteiger partial charge on any atom is -0.496 e. The normalized spacial score (nSPS) is 11.0. The lowest BCUT2D eigenvalue weighted by molar-refractivity contribution is -0.114. The van der Waals surface area contributed by atoms with Crippen LogP contribution in [0.5, 0.6) is 5.75 Å². The fourth-order valence-electron chi connectivity index (χ4n) is 3.67. The molecule has 3 N–H and O–H groups in total. The summed E-state index contributed by atoms with van der Waals surface area (Å²) in [5.74, 6) is -0.513. The van der Waals surface area contributed by atoms with Gasteiger partial charge in [-0.1, -0.05) is 65.7 Å². The van der Waals surface area contributed by atoms with Gasteiger partial charge in [0.05, 0.1) is 22.9 Å². The average Bonchev–Trinajstić information content (AvgIpc) is 2.98. The van der Waals surface area contributed by atoms with E-state index in [-0.39, 0.29) is 17.4 Å². The average molecular weight is 607 g/mol. The van der Waals surface area contributed by atoms with Crippen molar-refractivity contribution in [3.05, 3.63) is 124 Å². The number of benzene rings is 4. The molecule has 0 saturated heterocycles. The van der Waals surface area contributed by atoms with Gasteiger partial charge in [0.15, 0.2) is 0 Å². The first-order valence-corrected chi connectivity index (χ1v) is 14.1. The molecule has 0 aliphatic heterocycles. The van der Waals surface area contributed by atoms with Crippen molar-refractivity contribution in [3.63, 3.8) is 0 Å². The monoisotopic (exact) mass is 605 g/mol. The van der Waals surface area contributed by atoms with Gasteiger partial charge in [-0.25, -0.2) is 0 Å². The Morgan fingerprint density at radius 3 is 2.29 bits per heavy atom. The standard InChI is InChI=1S/C31H25Cl2N3O4S/c1-40-28-13-6-5-10-21(28)16-27(36-30(38)20-8-3-2-4-9-20)31(39)35-22-11-7-12-24(17-22)41-19-29(37)34-23-14-15-25(32)26(33)18-23/h2-18H,19H2,1H3,(H,34,37)(H,35,39)(H,36,38)/b27-16+. The zero-order valence-corrected chi connectivity index (χ0v) is 24.1. The number of halogens is 2. The molecular formula is C31H25Cl2N3O4S. The quantitative estimate of drug-likeness (QED) is 0.132. The van der Waals surface area contributed by atoms with E-state index in [0.717, 1.165) is 4.90 Å². The van der Waals surface area contributed by atoms with Gasteiger partial charge < -0.3 is 20.7 Å². The van der Waals surface area contributed by atoms with Crippen LogP contribution in [-0.2, 0) is 9.59 Å². The van der Waals surface area contributed by atoms with Crippen LogP contribution < -0.4 is 20.7 Å². The number of rotatable bonds is 10. The van der Waals surface area contributed by atoms with Crippen LogP contribution in [0.4, 0.5) is 11.4 Å². The summed E-state index contributed by atoms with van der Waals surface area (Å²) in [6.07, 6.45) is 1.56. The van der Waals surface area contributed by atoms with Gasteiger partial charge in [0.2, 0.25) is 5.91 Å². The second-order valence-corrected chi connectivity index (χ2v) is 10.4. The molecule has 41 heavy (non-hydrogen) atoms. The first-order chi connectivity index (χ1) is 19.8. The number of thioether (sulfide) groups is 1.